The van der Waals surface area contributed by atoms with Crippen LogP contribution >= 0.6 is 11.6 Å². The molecular weight excluding hydrogens is 234 g/mol. The first-order valence-corrected chi connectivity index (χ1v) is 6.35. The van der Waals surface area contributed by atoms with Crippen molar-refractivity contribution in [1.82, 2.24) is 5.32 Å². The van der Waals surface area contributed by atoms with Crippen LogP contribution in [0.5, 0.6) is 0 Å². The van der Waals surface area contributed by atoms with Gasteiger partial charge in [0.25, 0.3) is 0 Å². The maximum Gasteiger partial charge on any atom is 0.224 e. The molecule has 0 unspecified atom stereocenters. The Morgan fingerprint density at radius 2 is 2.00 bits per heavy atom. The van der Waals surface area contributed by atoms with E-state index in [2.05, 4.69) is 5.32 Å². The van der Waals surface area contributed by atoms with Gasteiger partial charge >= 0.3 is 0 Å². The van der Waals surface area contributed by atoms with Crippen LogP contribution in [-0.2, 0) is 11.2 Å². The highest BCUT2D eigenvalue weighted by molar-refractivity contribution is 6.18. The highest BCUT2D eigenvalue weighted by Gasteiger charge is 2.17. The van der Waals surface area contributed by atoms with Gasteiger partial charge in [0.1, 0.15) is 0 Å². The number of halogens is 1. The third kappa shape index (κ3) is 4.78. The van der Waals surface area contributed by atoms with E-state index in [0.717, 1.165) is 11.1 Å². The maximum absolute atomic E-state index is 11.8. The van der Waals surface area contributed by atoms with Crippen molar-refractivity contribution in [2.24, 2.45) is 5.41 Å². The fourth-order valence-corrected chi connectivity index (χ4v) is 1.52. The van der Waals surface area contributed by atoms with Crippen LogP contribution in [-0.4, -0.2) is 18.3 Å². The molecule has 1 aromatic rings. The van der Waals surface area contributed by atoms with E-state index in [-0.39, 0.29) is 11.3 Å². The Bertz CT molecular complexity index is 388. The average Bonchev–Trinajstić information content (AvgIpc) is 2.30. The third-order valence-corrected chi connectivity index (χ3v) is 3.46. The lowest BCUT2D eigenvalue weighted by Gasteiger charge is -2.21. The molecule has 1 aromatic carbocycles. The number of benzene rings is 1. The van der Waals surface area contributed by atoms with Crippen LogP contribution in [0.3, 0.4) is 0 Å². The van der Waals surface area contributed by atoms with Gasteiger partial charge in [-0.25, -0.2) is 0 Å². The molecule has 2 nitrogen and oxygen atoms in total. The fraction of sp³-hybridized carbons (Fsp3) is 0.500. The summed E-state index contributed by atoms with van der Waals surface area (Å²) >= 11 is 5.81. The van der Waals surface area contributed by atoms with E-state index in [4.69, 9.17) is 11.6 Å². The van der Waals surface area contributed by atoms with Crippen molar-refractivity contribution < 1.29 is 4.79 Å². The average molecular weight is 254 g/mol. The predicted octanol–water partition coefficient (Wildman–Crippen LogP) is 2.92. The molecule has 0 aliphatic rings. The summed E-state index contributed by atoms with van der Waals surface area (Å²) in [7, 11) is 0. The number of alkyl halides is 1. The van der Waals surface area contributed by atoms with E-state index >= 15 is 0 Å². The Hall–Kier alpha value is -1.02. The molecule has 1 rings (SSSR count). The van der Waals surface area contributed by atoms with E-state index < -0.39 is 0 Å². The van der Waals surface area contributed by atoms with Crippen LogP contribution < -0.4 is 5.32 Å². The molecule has 0 bridgehead atoms. The van der Waals surface area contributed by atoms with E-state index in [9.17, 15) is 4.79 Å². The molecule has 0 atom stereocenters. The van der Waals surface area contributed by atoms with Gasteiger partial charge in [-0.15, -0.1) is 11.6 Å². The Kier molecular flexibility index (Phi) is 5.01. The minimum atomic E-state index is -0.0526. The zero-order chi connectivity index (χ0) is 12.9. The Labute approximate surface area is 108 Å². The van der Waals surface area contributed by atoms with E-state index in [1.807, 2.05) is 45.0 Å². The molecule has 0 aliphatic heterocycles. The normalized spacial score (nSPS) is 11.3. The Morgan fingerprint density at radius 3 is 2.59 bits per heavy atom. The largest absolute Gasteiger partial charge is 0.355 e. The number of rotatable bonds is 5. The van der Waals surface area contributed by atoms with Gasteiger partial charge in [-0.1, -0.05) is 38.1 Å². The Balaban J connectivity index is 2.48. The van der Waals surface area contributed by atoms with E-state index in [1.54, 1.807) is 0 Å². The van der Waals surface area contributed by atoms with Gasteiger partial charge in [0, 0.05) is 12.4 Å². The predicted molar refractivity (Wildman–Crippen MR) is 72.4 cm³/mol. The third-order valence-electron chi connectivity index (χ3n) is 2.74. The molecular formula is C14H20ClNO. The number of hydrogen-bond donors (Lipinski definition) is 1. The molecule has 0 saturated heterocycles. The molecule has 1 amide bonds. The fourth-order valence-electron chi connectivity index (χ4n) is 1.43. The summed E-state index contributed by atoms with van der Waals surface area (Å²) in [6.45, 7) is 6.70. The molecule has 17 heavy (non-hydrogen) atoms. The lowest BCUT2D eigenvalue weighted by molar-refractivity contribution is -0.120. The number of hydrogen-bond acceptors (Lipinski definition) is 1. The minimum Gasteiger partial charge on any atom is -0.355 e. The van der Waals surface area contributed by atoms with Crippen molar-refractivity contribution >= 4 is 17.5 Å². The van der Waals surface area contributed by atoms with Crippen molar-refractivity contribution in [3.63, 3.8) is 0 Å². The van der Waals surface area contributed by atoms with Gasteiger partial charge in [0.15, 0.2) is 0 Å². The number of carbonyl (C=O) groups is 1. The monoisotopic (exact) mass is 253 g/mol. The van der Waals surface area contributed by atoms with Crippen molar-refractivity contribution in [2.75, 3.05) is 12.4 Å². The molecule has 0 saturated carbocycles. The molecule has 3 heteroatoms. The second kappa shape index (κ2) is 6.06. The van der Waals surface area contributed by atoms with Gasteiger partial charge in [-0.2, -0.15) is 0 Å². The molecule has 1 N–H and O–H groups in total. The highest BCUT2D eigenvalue weighted by Crippen LogP contribution is 2.15. The summed E-state index contributed by atoms with van der Waals surface area (Å²) in [6.07, 6.45) is 0.436. The molecule has 0 radical (unpaired) electrons. The molecule has 0 aromatic heterocycles. The number of nitrogens with one attached hydrogen (secondary N) is 1. The van der Waals surface area contributed by atoms with Crippen LogP contribution in [0.4, 0.5) is 0 Å². The SMILES string of the molecule is Cc1ccccc1CC(=O)NCC(C)(C)CCl. The van der Waals surface area contributed by atoms with Crippen LogP contribution in [0.2, 0.25) is 0 Å². The maximum atomic E-state index is 11.8. The molecule has 0 aliphatic carbocycles. The number of aryl methyl sites for hydroxylation is 1. The Morgan fingerprint density at radius 1 is 1.35 bits per heavy atom. The quantitative estimate of drug-likeness (QED) is 0.804. The summed E-state index contributed by atoms with van der Waals surface area (Å²) in [5.41, 5.74) is 2.18. The molecule has 0 fully saturated rings. The first kappa shape index (κ1) is 14.0. The van der Waals surface area contributed by atoms with Crippen molar-refractivity contribution in [2.45, 2.75) is 27.2 Å². The van der Waals surface area contributed by atoms with Crippen LogP contribution in [0.25, 0.3) is 0 Å². The number of carbonyl (C=O) groups excluding carboxylic acids is 1. The second-order valence-corrected chi connectivity index (χ2v) is 5.45. The van der Waals surface area contributed by atoms with Gasteiger partial charge in [0.2, 0.25) is 5.91 Å². The van der Waals surface area contributed by atoms with E-state index in [0.29, 0.717) is 18.8 Å². The van der Waals surface area contributed by atoms with Crippen LogP contribution in [0.1, 0.15) is 25.0 Å². The lowest BCUT2D eigenvalue weighted by atomic mass is 9.96. The lowest BCUT2D eigenvalue weighted by Crippen LogP contribution is -2.35. The highest BCUT2D eigenvalue weighted by atomic mass is 35.5. The zero-order valence-electron chi connectivity index (χ0n) is 10.7. The second-order valence-electron chi connectivity index (χ2n) is 5.18. The standard InChI is InChI=1S/C14H20ClNO/c1-11-6-4-5-7-12(11)8-13(17)16-10-14(2,3)9-15/h4-7H,8-10H2,1-3H3,(H,16,17). The van der Waals surface area contributed by atoms with Crippen LogP contribution in [0.15, 0.2) is 24.3 Å². The zero-order valence-corrected chi connectivity index (χ0v) is 11.5. The topological polar surface area (TPSA) is 29.1 Å². The summed E-state index contributed by atoms with van der Waals surface area (Å²) in [4.78, 5) is 11.8. The first-order chi connectivity index (χ1) is 7.94. The summed E-state index contributed by atoms with van der Waals surface area (Å²) in [5.74, 6) is 0.593. The van der Waals surface area contributed by atoms with Crippen molar-refractivity contribution in [1.29, 1.82) is 0 Å². The van der Waals surface area contributed by atoms with E-state index in [1.165, 1.54) is 0 Å². The smallest absolute Gasteiger partial charge is 0.224 e. The van der Waals surface area contributed by atoms with Crippen LogP contribution in [0, 0.1) is 12.3 Å². The summed E-state index contributed by atoms with van der Waals surface area (Å²) < 4.78 is 0. The van der Waals surface area contributed by atoms with Crippen molar-refractivity contribution in [3.05, 3.63) is 35.4 Å². The molecule has 0 heterocycles. The molecule has 0 spiro atoms. The van der Waals surface area contributed by atoms with Gasteiger partial charge < -0.3 is 5.32 Å². The number of amides is 1. The molecule has 94 valence electrons. The van der Waals surface area contributed by atoms with Gasteiger partial charge in [-0.05, 0) is 23.5 Å². The van der Waals surface area contributed by atoms with Gasteiger partial charge in [0.05, 0.1) is 6.42 Å². The van der Waals surface area contributed by atoms with Crippen molar-refractivity contribution in [3.8, 4) is 0 Å². The first-order valence-electron chi connectivity index (χ1n) is 5.82. The minimum absolute atomic E-state index is 0.0526. The summed E-state index contributed by atoms with van der Waals surface area (Å²) in [6, 6.07) is 7.94. The summed E-state index contributed by atoms with van der Waals surface area (Å²) in [5, 5.41) is 2.93. The van der Waals surface area contributed by atoms with Gasteiger partial charge in [-0.3, -0.25) is 4.79 Å².